The maximum absolute atomic E-state index is 5.97. The molecule has 0 bridgehead atoms. The molecule has 0 amide bonds. The molecule has 1 fully saturated rings. The first kappa shape index (κ1) is 11.0. The van der Waals surface area contributed by atoms with Gasteiger partial charge in [-0.15, -0.1) is 0 Å². The number of rotatable bonds is 2. The number of halogens is 1. The zero-order valence-electron chi connectivity index (χ0n) is 8.80. The monoisotopic (exact) mass is 268 g/mol. The summed E-state index contributed by atoms with van der Waals surface area (Å²) in [7, 11) is 0. The Morgan fingerprint density at radius 3 is 3.07 bits per heavy atom. The van der Waals surface area contributed by atoms with Crippen molar-refractivity contribution in [3.05, 3.63) is 28.2 Å². The van der Waals surface area contributed by atoms with E-state index in [2.05, 4.69) is 27.3 Å². The number of anilines is 1. The van der Waals surface area contributed by atoms with Gasteiger partial charge in [-0.3, -0.25) is 0 Å². The largest absolute Gasteiger partial charge is 0.399 e. The molecule has 1 atom stereocenters. The first-order valence-electron chi connectivity index (χ1n) is 5.50. The molecule has 1 aliphatic heterocycles. The van der Waals surface area contributed by atoms with Gasteiger partial charge in [0.25, 0.3) is 0 Å². The molecule has 3 heteroatoms. The fourth-order valence-corrected chi connectivity index (χ4v) is 2.57. The summed E-state index contributed by atoms with van der Waals surface area (Å²) in [5.74, 6) is 0.746. The minimum Gasteiger partial charge on any atom is -0.399 e. The zero-order valence-corrected chi connectivity index (χ0v) is 10.4. The summed E-state index contributed by atoms with van der Waals surface area (Å²) >= 11 is 3.49. The van der Waals surface area contributed by atoms with E-state index in [0.717, 1.165) is 29.0 Å². The molecule has 0 aliphatic carbocycles. The standard InChI is InChI=1S/C12H17BrN2/c13-11-3-4-12(14)10(7-11)6-9-2-1-5-15-8-9/h3-4,7,9,15H,1-2,5-6,8,14H2. The Hall–Kier alpha value is -0.540. The van der Waals surface area contributed by atoms with E-state index in [-0.39, 0.29) is 0 Å². The van der Waals surface area contributed by atoms with Gasteiger partial charge in [-0.25, -0.2) is 0 Å². The van der Waals surface area contributed by atoms with Gasteiger partial charge in [0.05, 0.1) is 0 Å². The minimum absolute atomic E-state index is 0.746. The summed E-state index contributed by atoms with van der Waals surface area (Å²) < 4.78 is 1.12. The molecule has 3 N–H and O–H groups in total. The van der Waals surface area contributed by atoms with Crippen molar-refractivity contribution in [1.82, 2.24) is 5.32 Å². The van der Waals surface area contributed by atoms with E-state index in [0.29, 0.717) is 0 Å². The van der Waals surface area contributed by atoms with Crippen LogP contribution in [0.25, 0.3) is 0 Å². The molecule has 2 rings (SSSR count). The molecule has 82 valence electrons. The maximum Gasteiger partial charge on any atom is 0.0347 e. The molecule has 15 heavy (non-hydrogen) atoms. The average molecular weight is 269 g/mol. The lowest BCUT2D eigenvalue weighted by Crippen LogP contribution is -2.31. The Morgan fingerprint density at radius 1 is 1.47 bits per heavy atom. The molecule has 0 radical (unpaired) electrons. The normalized spacial score (nSPS) is 21.5. The highest BCUT2D eigenvalue weighted by Crippen LogP contribution is 2.23. The molecule has 2 nitrogen and oxygen atoms in total. The van der Waals surface area contributed by atoms with E-state index < -0.39 is 0 Å². The predicted octanol–water partition coefficient (Wildman–Crippen LogP) is 2.57. The molecule has 1 heterocycles. The smallest absolute Gasteiger partial charge is 0.0347 e. The number of hydrogen-bond donors (Lipinski definition) is 2. The number of nitrogens with two attached hydrogens (primary N) is 1. The minimum atomic E-state index is 0.746. The molecular weight excluding hydrogens is 252 g/mol. The van der Waals surface area contributed by atoms with Gasteiger partial charge >= 0.3 is 0 Å². The zero-order chi connectivity index (χ0) is 10.7. The third-order valence-corrected chi connectivity index (χ3v) is 3.51. The second kappa shape index (κ2) is 4.99. The van der Waals surface area contributed by atoms with Crippen molar-refractivity contribution in [3.8, 4) is 0 Å². The van der Waals surface area contributed by atoms with E-state index >= 15 is 0 Å². The van der Waals surface area contributed by atoms with Crippen LogP contribution in [0.3, 0.4) is 0 Å². The van der Waals surface area contributed by atoms with E-state index in [1.165, 1.54) is 24.9 Å². The summed E-state index contributed by atoms with van der Waals surface area (Å²) in [6.07, 6.45) is 3.70. The highest BCUT2D eigenvalue weighted by atomic mass is 79.9. The Bertz CT molecular complexity index is 332. The van der Waals surface area contributed by atoms with Crippen LogP contribution in [0.1, 0.15) is 18.4 Å². The fourth-order valence-electron chi connectivity index (χ4n) is 2.16. The van der Waals surface area contributed by atoms with Crippen molar-refractivity contribution in [2.24, 2.45) is 5.92 Å². The summed E-state index contributed by atoms with van der Waals surface area (Å²) in [6, 6.07) is 6.12. The highest BCUT2D eigenvalue weighted by molar-refractivity contribution is 9.10. The van der Waals surface area contributed by atoms with Crippen molar-refractivity contribution in [1.29, 1.82) is 0 Å². The van der Waals surface area contributed by atoms with E-state index in [9.17, 15) is 0 Å². The Labute approximate surface area is 99.4 Å². The SMILES string of the molecule is Nc1ccc(Br)cc1CC1CCCNC1. The lowest BCUT2D eigenvalue weighted by molar-refractivity contribution is 0.376. The van der Waals surface area contributed by atoms with Gasteiger partial charge < -0.3 is 11.1 Å². The van der Waals surface area contributed by atoms with Crippen LogP contribution in [-0.4, -0.2) is 13.1 Å². The number of benzene rings is 1. The molecule has 1 aliphatic rings. The van der Waals surface area contributed by atoms with E-state index in [1.54, 1.807) is 0 Å². The number of nitrogen functional groups attached to an aromatic ring is 1. The van der Waals surface area contributed by atoms with Crippen LogP contribution < -0.4 is 11.1 Å². The van der Waals surface area contributed by atoms with Crippen molar-refractivity contribution in [2.75, 3.05) is 18.8 Å². The third kappa shape index (κ3) is 2.95. The average Bonchev–Trinajstić information content (AvgIpc) is 2.25. The second-order valence-electron chi connectivity index (χ2n) is 4.26. The predicted molar refractivity (Wildman–Crippen MR) is 67.9 cm³/mol. The number of nitrogens with one attached hydrogen (secondary N) is 1. The summed E-state index contributed by atoms with van der Waals surface area (Å²) in [4.78, 5) is 0. The van der Waals surface area contributed by atoms with Crippen LogP contribution >= 0.6 is 15.9 Å². The molecule has 0 saturated carbocycles. The first-order valence-corrected chi connectivity index (χ1v) is 6.29. The molecule has 1 saturated heterocycles. The molecule has 1 aromatic rings. The van der Waals surface area contributed by atoms with Gasteiger partial charge in [0.15, 0.2) is 0 Å². The second-order valence-corrected chi connectivity index (χ2v) is 5.18. The molecule has 1 aromatic carbocycles. The summed E-state index contributed by atoms with van der Waals surface area (Å²) in [5, 5.41) is 3.44. The van der Waals surface area contributed by atoms with Crippen LogP contribution in [0.5, 0.6) is 0 Å². The molecule has 0 aromatic heterocycles. The van der Waals surface area contributed by atoms with Crippen LogP contribution in [0, 0.1) is 5.92 Å². The van der Waals surface area contributed by atoms with Gasteiger partial charge in [-0.2, -0.15) is 0 Å². The van der Waals surface area contributed by atoms with Gasteiger partial charge in [-0.1, -0.05) is 15.9 Å². The summed E-state index contributed by atoms with van der Waals surface area (Å²) in [5.41, 5.74) is 8.16. The van der Waals surface area contributed by atoms with Crippen molar-refractivity contribution < 1.29 is 0 Å². The Morgan fingerprint density at radius 2 is 2.33 bits per heavy atom. The quantitative estimate of drug-likeness (QED) is 0.810. The van der Waals surface area contributed by atoms with Crippen LogP contribution in [-0.2, 0) is 6.42 Å². The van der Waals surface area contributed by atoms with Crippen LogP contribution in [0.4, 0.5) is 5.69 Å². The first-order chi connectivity index (χ1) is 7.25. The Balaban J connectivity index is 2.05. The van der Waals surface area contributed by atoms with Gasteiger partial charge in [0, 0.05) is 10.2 Å². The van der Waals surface area contributed by atoms with Gasteiger partial charge in [0.1, 0.15) is 0 Å². The van der Waals surface area contributed by atoms with Crippen LogP contribution in [0.2, 0.25) is 0 Å². The number of piperidine rings is 1. The van der Waals surface area contributed by atoms with Crippen molar-refractivity contribution in [2.45, 2.75) is 19.3 Å². The lowest BCUT2D eigenvalue weighted by Gasteiger charge is -2.23. The summed E-state index contributed by atoms with van der Waals surface area (Å²) in [6.45, 7) is 2.30. The molecule has 0 spiro atoms. The van der Waals surface area contributed by atoms with Crippen molar-refractivity contribution >= 4 is 21.6 Å². The Kier molecular flexibility index (Phi) is 3.65. The third-order valence-electron chi connectivity index (χ3n) is 3.01. The van der Waals surface area contributed by atoms with Gasteiger partial charge in [-0.05, 0) is 62.0 Å². The van der Waals surface area contributed by atoms with Crippen molar-refractivity contribution in [3.63, 3.8) is 0 Å². The maximum atomic E-state index is 5.97. The lowest BCUT2D eigenvalue weighted by atomic mass is 9.92. The molecule has 1 unspecified atom stereocenters. The van der Waals surface area contributed by atoms with E-state index in [4.69, 9.17) is 5.73 Å². The fraction of sp³-hybridized carbons (Fsp3) is 0.500. The van der Waals surface area contributed by atoms with Gasteiger partial charge in [0.2, 0.25) is 0 Å². The number of hydrogen-bond acceptors (Lipinski definition) is 2. The van der Waals surface area contributed by atoms with E-state index in [1.807, 2.05) is 12.1 Å². The highest BCUT2D eigenvalue weighted by Gasteiger charge is 2.14. The van der Waals surface area contributed by atoms with Crippen LogP contribution in [0.15, 0.2) is 22.7 Å². The topological polar surface area (TPSA) is 38.0 Å². The molecular formula is C12H17BrN2.